The van der Waals surface area contributed by atoms with Crippen LogP contribution in [-0.2, 0) is 10.0 Å². The quantitative estimate of drug-likeness (QED) is 0.841. The first-order valence-corrected chi connectivity index (χ1v) is 8.93. The van der Waals surface area contributed by atoms with Crippen LogP contribution in [-0.4, -0.2) is 47.1 Å². The Hall–Kier alpha value is -1.21. The molecule has 1 saturated carbocycles. The summed E-state index contributed by atoms with van der Waals surface area (Å²) in [6.07, 6.45) is 3.17. The minimum atomic E-state index is -3.11. The molecular formula is C14H21N3O3S. The van der Waals surface area contributed by atoms with Crippen molar-refractivity contribution in [2.45, 2.75) is 50.9 Å². The van der Waals surface area contributed by atoms with Crippen LogP contribution in [0.1, 0.15) is 37.2 Å². The second-order valence-corrected chi connectivity index (χ2v) is 8.09. The summed E-state index contributed by atoms with van der Waals surface area (Å²) < 4.78 is 32.1. The summed E-state index contributed by atoms with van der Waals surface area (Å²) in [5.74, 6) is 1.21. The summed E-state index contributed by atoms with van der Waals surface area (Å²) in [5.41, 5.74) is 0.857. The van der Waals surface area contributed by atoms with Gasteiger partial charge in [-0.2, -0.15) is 9.29 Å². The molecule has 0 bridgehead atoms. The molecule has 1 aromatic heterocycles. The first-order chi connectivity index (χ1) is 9.95. The van der Waals surface area contributed by atoms with Gasteiger partial charge in [0, 0.05) is 18.3 Å². The van der Waals surface area contributed by atoms with Crippen molar-refractivity contribution < 1.29 is 13.2 Å². The zero-order valence-electron chi connectivity index (χ0n) is 12.4. The van der Waals surface area contributed by atoms with E-state index in [4.69, 9.17) is 4.74 Å². The van der Waals surface area contributed by atoms with E-state index in [9.17, 15) is 8.42 Å². The molecule has 1 saturated heterocycles. The van der Waals surface area contributed by atoms with Gasteiger partial charge in [-0.25, -0.2) is 13.4 Å². The normalized spacial score (nSPS) is 24.0. The van der Waals surface area contributed by atoms with Crippen molar-refractivity contribution in [2.24, 2.45) is 0 Å². The number of rotatable bonds is 4. The maximum atomic E-state index is 12.3. The zero-order valence-corrected chi connectivity index (χ0v) is 13.3. The Morgan fingerprint density at radius 1 is 1.24 bits per heavy atom. The number of ether oxygens (including phenoxy) is 1. The molecule has 0 aromatic carbocycles. The Morgan fingerprint density at radius 2 is 2.00 bits per heavy atom. The number of hydrogen-bond acceptors (Lipinski definition) is 5. The van der Waals surface area contributed by atoms with Gasteiger partial charge in [0.1, 0.15) is 11.9 Å². The topological polar surface area (TPSA) is 72.4 Å². The molecule has 3 rings (SSSR count). The Kier molecular flexibility index (Phi) is 3.88. The van der Waals surface area contributed by atoms with Crippen molar-refractivity contribution in [1.29, 1.82) is 0 Å². The highest BCUT2D eigenvalue weighted by molar-refractivity contribution is 7.90. The van der Waals surface area contributed by atoms with E-state index < -0.39 is 10.0 Å². The van der Waals surface area contributed by atoms with Crippen LogP contribution >= 0.6 is 0 Å². The molecule has 21 heavy (non-hydrogen) atoms. The molecule has 0 radical (unpaired) electrons. The van der Waals surface area contributed by atoms with Gasteiger partial charge in [-0.05, 0) is 39.5 Å². The van der Waals surface area contributed by atoms with Gasteiger partial charge >= 0.3 is 0 Å². The van der Waals surface area contributed by atoms with E-state index >= 15 is 0 Å². The molecule has 1 unspecified atom stereocenters. The smallest absolute Gasteiger partial charge is 0.217 e. The van der Waals surface area contributed by atoms with E-state index in [2.05, 4.69) is 9.97 Å². The molecule has 2 aliphatic rings. The van der Waals surface area contributed by atoms with Crippen LogP contribution in [0.25, 0.3) is 0 Å². The molecule has 1 atom stereocenters. The zero-order chi connectivity index (χ0) is 15.0. The molecule has 0 N–H and O–H groups in total. The van der Waals surface area contributed by atoms with E-state index in [0.29, 0.717) is 24.8 Å². The Labute approximate surface area is 125 Å². The van der Waals surface area contributed by atoms with Gasteiger partial charge in [0.25, 0.3) is 0 Å². The van der Waals surface area contributed by atoms with Gasteiger partial charge in [-0.15, -0.1) is 0 Å². The predicted molar refractivity (Wildman–Crippen MR) is 78.7 cm³/mol. The van der Waals surface area contributed by atoms with Gasteiger partial charge in [-0.1, -0.05) is 0 Å². The number of sulfonamides is 1. The van der Waals surface area contributed by atoms with Crippen molar-refractivity contribution >= 4 is 10.0 Å². The Bertz CT molecular complexity index is 608. The lowest BCUT2D eigenvalue weighted by Crippen LogP contribution is -2.45. The standard InChI is InChI=1S/C14H21N3O3S/c1-10-8-14(16-11(2)15-10)20-12-4-3-7-17(9-12)21(18,19)13-5-6-13/h8,12-13H,3-7,9H2,1-2H3. The highest BCUT2D eigenvalue weighted by atomic mass is 32.2. The molecule has 0 amide bonds. The van der Waals surface area contributed by atoms with Crippen molar-refractivity contribution in [3.8, 4) is 5.88 Å². The minimum absolute atomic E-state index is 0.124. The second-order valence-electron chi connectivity index (χ2n) is 5.88. The van der Waals surface area contributed by atoms with Crippen LogP contribution in [0.4, 0.5) is 0 Å². The first-order valence-electron chi connectivity index (χ1n) is 7.43. The number of piperidine rings is 1. The lowest BCUT2D eigenvalue weighted by Gasteiger charge is -2.31. The lowest BCUT2D eigenvalue weighted by molar-refractivity contribution is 0.124. The van der Waals surface area contributed by atoms with Crippen LogP contribution in [0.3, 0.4) is 0 Å². The van der Waals surface area contributed by atoms with E-state index in [0.717, 1.165) is 31.4 Å². The van der Waals surface area contributed by atoms with Crippen molar-refractivity contribution in [3.63, 3.8) is 0 Å². The molecule has 1 aromatic rings. The molecule has 1 aliphatic carbocycles. The van der Waals surface area contributed by atoms with Crippen LogP contribution in [0.15, 0.2) is 6.07 Å². The molecular weight excluding hydrogens is 290 g/mol. The van der Waals surface area contributed by atoms with Gasteiger partial charge in [-0.3, -0.25) is 0 Å². The molecule has 1 aliphatic heterocycles. The largest absolute Gasteiger partial charge is 0.473 e. The molecule has 116 valence electrons. The van der Waals surface area contributed by atoms with Gasteiger partial charge in [0.05, 0.1) is 11.8 Å². The van der Waals surface area contributed by atoms with E-state index in [1.807, 2.05) is 13.8 Å². The fourth-order valence-electron chi connectivity index (χ4n) is 2.72. The summed E-state index contributed by atoms with van der Waals surface area (Å²) >= 11 is 0. The number of hydrogen-bond donors (Lipinski definition) is 0. The Balaban J connectivity index is 1.68. The minimum Gasteiger partial charge on any atom is -0.473 e. The van der Waals surface area contributed by atoms with Gasteiger partial charge in [0.15, 0.2) is 0 Å². The second kappa shape index (κ2) is 5.53. The summed E-state index contributed by atoms with van der Waals surface area (Å²) in [4.78, 5) is 8.48. The Morgan fingerprint density at radius 3 is 2.67 bits per heavy atom. The van der Waals surface area contributed by atoms with Crippen molar-refractivity contribution in [2.75, 3.05) is 13.1 Å². The molecule has 0 spiro atoms. The third kappa shape index (κ3) is 3.35. The number of aromatic nitrogens is 2. The maximum absolute atomic E-state index is 12.3. The van der Waals surface area contributed by atoms with E-state index in [1.165, 1.54) is 0 Å². The average molecular weight is 311 g/mol. The van der Waals surface area contributed by atoms with E-state index in [1.54, 1.807) is 10.4 Å². The van der Waals surface area contributed by atoms with Crippen LogP contribution in [0.2, 0.25) is 0 Å². The first kappa shape index (κ1) is 14.7. The van der Waals surface area contributed by atoms with Crippen molar-refractivity contribution in [3.05, 3.63) is 17.6 Å². The number of aryl methyl sites for hydroxylation is 2. The molecule has 2 fully saturated rings. The van der Waals surface area contributed by atoms with E-state index in [-0.39, 0.29) is 11.4 Å². The maximum Gasteiger partial charge on any atom is 0.217 e. The summed E-state index contributed by atoms with van der Waals surface area (Å²) in [6, 6.07) is 1.79. The molecule has 6 nitrogen and oxygen atoms in total. The molecule has 2 heterocycles. The van der Waals surface area contributed by atoms with Gasteiger partial charge < -0.3 is 4.74 Å². The third-order valence-corrected chi connectivity index (χ3v) is 6.24. The summed E-state index contributed by atoms with van der Waals surface area (Å²) in [7, 11) is -3.11. The fraction of sp³-hybridized carbons (Fsp3) is 0.714. The third-order valence-electron chi connectivity index (χ3n) is 3.88. The SMILES string of the molecule is Cc1cc(OC2CCCN(S(=O)(=O)C3CC3)C2)nc(C)n1. The van der Waals surface area contributed by atoms with Crippen LogP contribution in [0.5, 0.6) is 5.88 Å². The number of nitrogens with zero attached hydrogens (tertiary/aromatic N) is 3. The highest BCUT2D eigenvalue weighted by Gasteiger charge is 2.41. The van der Waals surface area contributed by atoms with Crippen LogP contribution in [0, 0.1) is 13.8 Å². The monoisotopic (exact) mass is 311 g/mol. The van der Waals surface area contributed by atoms with Crippen LogP contribution < -0.4 is 4.74 Å². The lowest BCUT2D eigenvalue weighted by atomic mass is 10.1. The van der Waals surface area contributed by atoms with Crippen molar-refractivity contribution in [1.82, 2.24) is 14.3 Å². The average Bonchev–Trinajstić information content (AvgIpc) is 3.22. The fourth-order valence-corrected chi connectivity index (χ4v) is 4.63. The highest BCUT2D eigenvalue weighted by Crippen LogP contribution is 2.32. The summed E-state index contributed by atoms with van der Waals surface area (Å²) in [5, 5.41) is -0.153. The molecule has 7 heteroatoms. The van der Waals surface area contributed by atoms with Gasteiger partial charge in [0.2, 0.25) is 15.9 Å². The predicted octanol–water partition coefficient (Wildman–Crippen LogP) is 1.43. The summed E-state index contributed by atoms with van der Waals surface area (Å²) in [6.45, 7) is 4.76.